The van der Waals surface area contributed by atoms with Crippen molar-refractivity contribution in [2.45, 2.75) is 94.8 Å². The van der Waals surface area contributed by atoms with Gasteiger partial charge in [0, 0.05) is 25.7 Å². The first-order valence-corrected chi connectivity index (χ1v) is 12.6. The minimum Gasteiger partial charge on any atom is -0.338 e. The Morgan fingerprint density at radius 1 is 0.852 bits per heavy atom. The van der Waals surface area contributed by atoms with Gasteiger partial charge in [0.2, 0.25) is 10.0 Å². The molecule has 1 unspecified atom stereocenters. The summed E-state index contributed by atoms with van der Waals surface area (Å²) in [5.41, 5.74) is 0. The maximum absolute atomic E-state index is 12.8. The smallest absolute Gasteiger partial charge is 0.315 e. The number of amides is 2. The predicted octanol–water partition coefficient (Wildman–Crippen LogP) is 3.38. The Balaban J connectivity index is 1.39. The summed E-state index contributed by atoms with van der Waals surface area (Å²) in [5, 5.41) is 5.93. The van der Waals surface area contributed by atoms with Crippen LogP contribution in [-0.2, 0) is 10.0 Å². The van der Waals surface area contributed by atoms with E-state index in [1.807, 2.05) is 0 Å². The molecule has 1 saturated heterocycles. The normalized spacial score (nSPS) is 27.0. The van der Waals surface area contributed by atoms with Gasteiger partial charge in [-0.05, 0) is 38.0 Å². The highest BCUT2D eigenvalue weighted by molar-refractivity contribution is 7.89. The van der Waals surface area contributed by atoms with E-state index in [2.05, 4.69) is 10.6 Å². The summed E-state index contributed by atoms with van der Waals surface area (Å²) in [6.45, 7) is 1.73. The van der Waals surface area contributed by atoms with Crippen LogP contribution >= 0.6 is 0 Å². The van der Waals surface area contributed by atoms with Crippen molar-refractivity contribution in [2.75, 3.05) is 19.6 Å². The SMILES string of the molecule is O=C(NCC1CCN(S(=O)(=O)C2CCCCC2)C1)NC1CCCCCCC1. The van der Waals surface area contributed by atoms with Crippen LogP contribution in [0.1, 0.15) is 83.5 Å². The fourth-order valence-electron chi connectivity index (χ4n) is 4.84. The van der Waals surface area contributed by atoms with Gasteiger partial charge in [0.05, 0.1) is 5.25 Å². The summed E-state index contributed by atoms with van der Waals surface area (Å²) in [7, 11) is -3.16. The molecule has 1 heterocycles. The second-order valence-electron chi connectivity index (χ2n) is 8.71. The Kier molecular flexibility index (Phi) is 7.82. The standard InChI is InChI=1S/C20H37N3O3S/c24-20(22-18-9-5-2-1-3-6-10-18)21-15-17-13-14-23(16-17)27(25,26)19-11-7-4-8-12-19/h17-19H,1-16H2,(H2,21,22,24). The molecule has 7 heteroatoms. The monoisotopic (exact) mass is 399 g/mol. The largest absolute Gasteiger partial charge is 0.338 e. The fourth-order valence-corrected chi connectivity index (χ4v) is 6.97. The van der Waals surface area contributed by atoms with Crippen LogP contribution in [0.4, 0.5) is 4.79 Å². The number of carbonyl (C=O) groups is 1. The molecule has 0 aromatic carbocycles. The van der Waals surface area contributed by atoms with Gasteiger partial charge in [0.1, 0.15) is 0 Å². The number of sulfonamides is 1. The van der Waals surface area contributed by atoms with E-state index in [0.29, 0.717) is 19.6 Å². The molecule has 2 saturated carbocycles. The molecule has 1 atom stereocenters. The maximum atomic E-state index is 12.8. The molecule has 0 bridgehead atoms. The van der Waals surface area contributed by atoms with E-state index in [1.54, 1.807) is 4.31 Å². The summed E-state index contributed by atoms with van der Waals surface area (Å²) in [6, 6.07) is 0.200. The van der Waals surface area contributed by atoms with Gasteiger partial charge in [-0.3, -0.25) is 0 Å². The topological polar surface area (TPSA) is 78.5 Å². The van der Waals surface area contributed by atoms with Crippen molar-refractivity contribution in [1.29, 1.82) is 0 Å². The summed E-state index contributed by atoms with van der Waals surface area (Å²) in [4.78, 5) is 12.2. The molecular formula is C20H37N3O3S. The summed E-state index contributed by atoms with van der Waals surface area (Å²) in [5.74, 6) is 0.228. The van der Waals surface area contributed by atoms with Crippen LogP contribution in [-0.4, -0.2) is 49.7 Å². The molecule has 2 amide bonds. The lowest BCUT2D eigenvalue weighted by Crippen LogP contribution is -2.44. The first-order valence-electron chi connectivity index (χ1n) is 11.1. The summed E-state index contributed by atoms with van der Waals surface area (Å²) in [6.07, 6.45) is 14.1. The van der Waals surface area contributed by atoms with Crippen molar-refractivity contribution in [1.82, 2.24) is 14.9 Å². The fraction of sp³-hybridized carbons (Fsp3) is 0.950. The van der Waals surface area contributed by atoms with Crippen molar-refractivity contribution in [3.8, 4) is 0 Å². The number of urea groups is 1. The van der Waals surface area contributed by atoms with Gasteiger partial charge >= 0.3 is 6.03 Å². The Hall–Kier alpha value is -0.820. The zero-order chi connectivity index (χ0) is 19.1. The van der Waals surface area contributed by atoms with Crippen LogP contribution in [0, 0.1) is 5.92 Å². The Morgan fingerprint density at radius 3 is 2.15 bits per heavy atom. The number of hydrogen-bond donors (Lipinski definition) is 2. The van der Waals surface area contributed by atoms with Crippen molar-refractivity contribution >= 4 is 16.1 Å². The predicted molar refractivity (Wildman–Crippen MR) is 108 cm³/mol. The number of rotatable bonds is 5. The lowest BCUT2D eigenvalue weighted by Gasteiger charge is -2.27. The van der Waals surface area contributed by atoms with Gasteiger partial charge in [-0.15, -0.1) is 0 Å². The highest BCUT2D eigenvalue weighted by Crippen LogP contribution is 2.29. The van der Waals surface area contributed by atoms with Gasteiger partial charge in [0.25, 0.3) is 0 Å². The molecule has 6 nitrogen and oxygen atoms in total. The molecule has 2 aliphatic carbocycles. The zero-order valence-corrected chi connectivity index (χ0v) is 17.4. The average Bonchev–Trinajstić information content (AvgIpc) is 3.13. The van der Waals surface area contributed by atoms with E-state index in [4.69, 9.17) is 0 Å². The molecule has 0 spiro atoms. The number of nitrogens with zero attached hydrogens (tertiary/aromatic N) is 1. The number of carbonyl (C=O) groups excluding carboxylic acids is 1. The zero-order valence-electron chi connectivity index (χ0n) is 16.6. The molecule has 1 aliphatic heterocycles. The molecule has 3 aliphatic rings. The highest BCUT2D eigenvalue weighted by atomic mass is 32.2. The molecule has 3 rings (SSSR count). The molecule has 0 aromatic heterocycles. The van der Waals surface area contributed by atoms with Crippen LogP contribution in [0.3, 0.4) is 0 Å². The Labute approximate surface area is 164 Å². The van der Waals surface area contributed by atoms with Crippen molar-refractivity contribution < 1.29 is 13.2 Å². The highest BCUT2D eigenvalue weighted by Gasteiger charge is 2.37. The van der Waals surface area contributed by atoms with Gasteiger partial charge in [0.15, 0.2) is 0 Å². The van der Waals surface area contributed by atoms with E-state index < -0.39 is 10.0 Å². The third-order valence-electron chi connectivity index (χ3n) is 6.57. The molecule has 2 N–H and O–H groups in total. The van der Waals surface area contributed by atoms with Crippen LogP contribution in [0.15, 0.2) is 0 Å². The number of nitrogens with one attached hydrogen (secondary N) is 2. The first kappa shape index (κ1) is 20.9. The molecule has 3 fully saturated rings. The number of hydrogen-bond acceptors (Lipinski definition) is 3. The van der Waals surface area contributed by atoms with Crippen molar-refractivity contribution in [3.63, 3.8) is 0 Å². The van der Waals surface area contributed by atoms with Crippen molar-refractivity contribution in [3.05, 3.63) is 0 Å². The lowest BCUT2D eigenvalue weighted by atomic mass is 9.97. The van der Waals surface area contributed by atoms with Crippen LogP contribution < -0.4 is 10.6 Å². The summed E-state index contributed by atoms with van der Waals surface area (Å²) >= 11 is 0. The lowest BCUT2D eigenvalue weighted by molar-refractivity contribution is 0.232. The molecular weight excluding hydrogens is 362 g/mol. The van der Waals surface area contributed by atoms with Gasteiger partial charge < -0.3 is 10.6 Å². The van der Waals surface area contributed by atoms with Crippen LogP contribution in [0.5, 0.6) is 0 Å². The van der Waals surface area contributed by atoms with Crippen LogP contribution in [0.25, 0.3) is 0 Å². The van der Waals surface area contributed by atoms with Gasteiger partial charge in [-0.1, -0.05) is 51.4 Å². The average molecular weight is 400 g/mol. The van der Waals surface area contributed by atoms with Gasteiger partial charge in [-0.2, -0.15) is 0 Å². The first-order chi connectivity index (χ1) is 13.1. The Bertz CT molecular complexity index is 567. The van der Waals surface area contributed by atoms with Crippen LogP contribution in [0.2, 0.25) is 0 Å². The van der Waals surface area contributed by atoms with E-state index in [9.17, 15) is 13.2 Å². The molecule has 0 radical (unpaired) electrons. The molecule has 27 heavy (non-hydrogen) atoms. The third kappa shape index (κ3) is 6.08. The quantitative estimate of drug-likeness (QED) is 0.744. The minimum atomic E-state index is -3.16. The van der Waals surface area contributed by atoms with E-state index in [0.717, 1.165) is 51.4 Å². The van der Waals surface area contributed by atoms with E-state index in [1.165, 1.54) is 32.1 Å². The van der Waals surface area contributed by atoms with Gasteiger partial charge in [-0.25, -0.2) is 17.5 Å². The van der Waals surface area contributed by atoms with E-state index >= 15 is 0 Å². The maximum Gasteiger partial charge on any atom is 0.315 e. The van der Waals surface area contributed by atoms with E-state index in [-0.39, 0.29) is 23.2 Å². The summed E-state index contributed by atoms with van der Waals surface area (Å²) < 4.78 is 27.3. The minimum absolute atomic E-state index is 0.0887. The molecule has 156 valence electrons. The molecule has 0 aromatic rings. The second-order valence-corrected chi connectivity index (χ2v) is 10.9. The third-order valence-corrected chi connectivity index (χ3v) is 8.94. The second kappa shape index (κ2) is 10.1. The Morgan fingerprint density at radius 2 is 1.44 bits per heavy atom. The van der Waals surface area contributed by atoms with Crippen molar-refractivity contribution in [2.24, 2.45) is 5.92 Å².